The third-order valence-electron chi connectivity index (χ3n) is 2.77. The van der Waals surface area contributed by atoms with E-state index in [2.05, 4.69) is 10.2 Å². The minimum absolute atomic E-state index is 0.469. The topological polar surface area (TPSA) is 63.1 Å². The summed E-state index contributed by atoms with van der Waals surface area (Å²) in [7, 11) is 0. The van der Waals surface area contributed by atoms with E-state index < -0.39 is 11.9 Å². The summed E-state index contributed by atoms with van der Waals surface area (Å²) >= 11 is 4.83. The molecule has 0 aliphatic rings. The first-order valence-corrected chi connectivity index (χ1v) is 8.94. The van der Waals surface area contributed by atoms with Crippen molar-refractivity contribution in [2.24, 2.45) is 0 Å². The highest BCUT2D eigenvalue weighted by Crippen LogP contribution is 2.29. The molecule has 1 atom stereocenters. The summed E-state index contributed by atoms with van der Waals surface area (Å²) in [6.45, 7) is 1.69. The zero-order valence-electron chi connectivity index (χ0n) is 11.1. The van der Waals surface area contributed by atoms with Crippen molar-refractivity contribution in [3.8, 4) is 0 Å². The molecule has 1 heterocycles. The minimum atomic E-state index is -0.800. The molecule has 0 amide bonds. The van der Waals surface area contributed by atoms with Gasteiger partial charge < -0.3 is 5.11 Å². The van der Waals surface area contributed by atoms with Gasteiger partial charge in [-0.25, -0.2) is 0 Å². The summed E-state index contributed by atoms with van der Waals surface area (Å²) in [5.41, 5.74) is 1.98. The third kappa shape index (κ3) is 3.97. The van der Waals surface area contributed by atoms with Crippen molar-refractivity contribution in [2.45, 2.75) is 27.3 Å². The monoisotopic (exact) mass is 326 g/mol. The highest BCUT2D eigenvalue weighted by Gasteiger charge is 2.13. The molecule has 1 aromatic heterocycles. The Hall–Kier alpha value is -1.05. The molecule has 1 unspecified atom stereocenters. The summed E-state index contributed by atoms with van der Waals surface area (Å²) < 4.78 is 1.93. The van der Waals surface area contributed by atoms with Crippen LogP contribution in [0.4, 0.5) is 0 Å². The van der Waals surface area contributed by atoms with Gasteiger partial charge in [0, 0.05) is 5.75 Å². The van der Waals surface area contributed by atoms with Crippen molar-refractivity contribution in [1.82, 2.24) is 10.2 Å². The molecular weight excluding hydrogens is 312 g/mol. The van der Waals surface area contributed by atoms with E-state index >= 15 is 0 Å². The van der Waals surface area contributed by atoms with Gasteiger partial charge in [-0.05, 0) is 24.3 Å². The Morgan fingerprint density at radius 1 is 1.30 bits per heavy atom. The molecule has 1 aromatic carbocycles. The zero-order chi connectivity index (χ0) is 14.5. The average Bonchev–Trinajstić information content (AvgIpc) is 2.93. The van der Waals surface area contributed by atoms with Gasteiger partial charge in [0.25, 0.3) is 0 Å². The second-order valence-corrected chi connectivity index (χ2v) is 7.38. The molecule has 106 valence electrons. The summed E-state index contributed by atoms with van der Waals surface area (Å²) in [6, 6.07) is 7.70. The molecule has 0 aliphatic heterocycles. The van der Waals surface area contributed by atoms with Crippen LogP contribution in [0.25, 0.3) is 0 Å². The lowest BCUT2D eigenvalue weighted by molar-refractivity contribution is -0.138. The van der Waals surface area contributed by atoms with Crippen LogP contribution in [0.3, 0.4) is 0 Å². The molecule has 0 saturated heterocycles. The number of carbonyl (C=O) groups is 1. The molecule has 0 aliphatic carbocycles. The second-order valence-electron chi connectivity index (χ2n) is 4.13. The maximum atomic E-state index is 10.9. The van der Waals surface area contributed by atoms with Gasteiger partial charge in [0.05, 0.1) is 5.92 Å². The maximum Gasteiger partial charge on any atom is 0.310 e. The Morgan fingerprint density at radius 3 is 2.50 bits per heavy atom. The molecule has 0 bridgehead atoms. The quantitative estimate of drug-likeness (QED) is 0.816. The van der Waals surface area contributed by atoms with Crippen LogP contribution in [0, 0.1) is 0 Å². The molecule has 0 radical (unpaired) electrons. The molecule has 1 N–H and O–H groups in total. The lowest BCUT2D eigenvalue weighted by atomic mass is 10.0. The van der Waals surface area contributed by atoms with E-state index in [1.54, 1.807) is 41.8 Å². The Morgan fingerprint density at radius 2 is 1.95 bits per heavy atom. The van der Waals surface area contributed by atoms with Gasteiger partial charge in [-0.3, -0.25) is 4.79 Å². The number of benzene rings is 1. The molecule has 7 heteroatoms. The number of hydrogen-bond acceptors (Lipinski definition) is 6. The van der Waals surface area contributed by atoms with Gasteiger partial charge in [-0.2, -0.15) is 0 Å². The van der Waals surface area contributed by atoms with Crippen LogP contribution < -0.4 is 0 Å². The first-order valence-electron chi connectivity index (χ1n) is 5.92. The number of thioether (sulfide) groups is 2. The van der Waals surface area contributed by atoms with E-state index in [0.29, 0.717) is 0 Å². The number of carboxylic acids is 1. The van der Waals surface area contributed by atoms with Gasteiger partial charge in [0.1, 0.15) is 0 Å². The fraction of sp³-hybridized carbons (Fsp3) is 0.308. The molecule has 4 nitrogen and oxygen atoms in total. The van der Waals surface area contributed by atoms with Crippen LogP contribution in [0.1, 0.15) is 24.0 Å². The summed E-state index contributed by atoms with van der Waals surface area (Å²) in [5, 5.41) is 17.1. The van der Waals surface area contributed by atoms with E-state index in [1.165, 1.54) is 0 Å². The van der Waals surface area contributed by atoms with Crippen molar-refractivity contribution in [1.29, 1.82) is 0 Å². The van der Waals surface area contributed by atoms with Crippen LogP contribution in [-0.2, 0) is 10.5 Å². The smallest absolute Gasteiger partial charge is 0.310 e. The highest BCUT2D eigenvalue weighted by atomic mass is 32.2. The average molecular weight is 326 g/mol. The molecule has 20 heavy (non-hydrogen) atoms. The van der Waals surface area contributed by atoms with Gasteiger partial charge in [-0.1, -0.05) is 59.1 Å². The van der Waals surface area contributed by atoms with Gasteiger partial charge in [-0.15, -0.1) is 10.2 Å². The maximum absolute atomic E-state index is 10.9. The number of carboxylic acid groups (broad SMARTS) is 1. The predicted octanol–water partition coefficient (Wildman–Crippen LogP) is 3.74. The van der Waals surface area contributed by atoms with Crippen LogP contribution in [0.2, 0.25) is 0 Å². The lowest BCUT2D eigenvalue weighted by Gasteiger charge is -2.07. The Balaban J connectivity index is 1.95. The standard InChI is InChI=1S/C13H14N2O2S3/c1-8(11(16)17)10-5-3-9(4-6-10)7-19-13-15-14-12(18-2)20-13/h3-6,8H,7H2,1-2H3,(H,16,17). The Labute approximate surface area is 130 Å². The number of aromatic nitrogens is 2. The van der Waals surface area contributed by atoms with Crippen molar-refractivity contribution in [2.75, 3.05) is 6.26 Å². The SMILES string of the molecule is CSc1nnc(SCc2ccc(C(C)C(=O)O)cc2)s1. The molecule has 0 saturated carbocycles. The van der Waals surface area contributed by atoms with Crippen LogP contribution in [-0.4, -0.2) is 27.5 Å². The molecule has 2 rings (SSSR count). The van der Waals surface area contributed by atoms with E-state index in [4.69, 9.17) is 5.11 Å². The largest absolute Gasteiger partial charge is 0.481 e. The number of rotatable bonds is 6. The Kier molecular flexibility index (Phi) is 5.45. The van der Waals surface area contributed by atoms with E-state index in [-0.39, 0.29) is 0 Å². The first kappa shape index (κ1) is 15.3. The van der Waals surface area contributed by atoms with E-state index in [0.717, 1.165) is 25.6 Å². The molecular formula is C13H14N2O2S3. The van der Waals surface area contributed by atoms with Crippen molar-refractivity contribution < 1.29 is 9.90 Å². The summed E-state index contributed by atoms with van der Waals surface area (Å²) in [6.07, 6.45) is 1.98. The van der Waals surface area contributed by atoms with E-state index in [1.807, 2.05) is 30.5 Å². The Bertz CT molecular complexity index is 584. The predicted molar refractivity (Wildman–Crippen MR) is 83.7 cm³/mol. The highest BCUT2D eigenvalue weighted by molar-refractivity contribution is 8.02. The fourth-order valence-electron chi connectivity index (χ4n) is 1.53. The lowest BCUT2D eigenvalue weighted by Crippen LogP contribution is -2.07. The van der Waals surface area contributed by atoms with Crippen LogP contribution in [0.15, 0.2) is 32.9 Å². The zero-order valence-corrected chi connectivity index (χ0v) is 13.5. The number of nitrogens with zero attached hydrogens (tertiary/aromatic N) is 2. The number of aliphatic carboxylic acids is 1. The van der Waals surface area contributed by atoms with Crippen molar-refractivity contribution in [3.05, 3.63) is 35.4 Å². The van der Waals surface area contributed by atoms with E-state index in [9.17, 15) is 4.79 Å². The summed E-state index contributed by atoms with van der Waals surface area (Å²) in [4.78, 5) is 10.9. The fourth-order valence-corrected chi connectivity index (χ4v) is 3.92. The van der Waals surface area contributed by atoms with Gasteiger partial charge >= 0.3 is 5.97 Å². The molecule has 0 spiro atoms. The molecule has 0 fully saturated rings. The molecule has 2 aromatic rings. The van der Waals surface area contributed by atoms with Gasteiger partial charge in [0.15, 0.2) is 8.68 Å². The minimum Gasteiger partial charge on any atom is -0.481 e. The van der Waals surface area contributed by atoms with Crippen LogP contribution in [0.5, 0.6) is 0 Å². The number of hydrogen-bond donors (Lipinski definition) is 1. The van der Waals surface area contributed by atoms with Gasteiger partial charge in [0.2, 0.25) is 0 Å². The van der Waals surface area contributed by atoms with Crippen molar-refractivity contribution >= 4 is 40.8 Å². The second kappa shape index (κ2) is 7.10. The summed E-state index contributed by atoms with van der Waals surface area (Å²) in [5.74, 6) is -0.459. The first-order chi connectivity index (χ1) is 9.60. The third-order valence-corrected chi connectivity index (χ3v) is 5.88. The normalized spacial score (nSPS) is 12.3. The van der Waals surface area contributed by atoms with Crippen molar-refractivity contribution in [3.63, 3.8) is 0 Å². The van der Waals surface area contributed by atoms with Crippen LogP contribution >= 0.6 is 34.9 Å².